The van der Waals surface area contributed by atoms with Crippen molar-refractivity contribution in [3.05, 3.63) is 30.1 Å². The van der Waals surface area contributed by atoms with Gasteiger partial charge in [-0.1, -0.05) is 34.6 Å². The van der Waals surface area contributed by atoms with Crippen LogP contribution in [0, 0.1) is 11.3 Å². The van der Waals surface area contributed by atoms with E-state index in [0.29, 0.717) is 18.1 Å². The standard InChI is InChI=1S/C15H23NO/c1-11(15(3,4)5)10-14(17)12(2)13-6-8-16-9-7-13/h6-9,11-12H,10H2,1-5H3. The molecule has 0 aromatic carbocycles. The van der Waals surface area contributed by atoms with Gasteiger partial charge in [0.1, 0.15) is 5.78 Å². The lowest BCUT2D eigenvalue weighted by molar-refractivity contribution is -0.121. The molecule has 2 unspecified atom stereocenters. The second kappa shape index (κ2) is 5.44. The van der Waals surface area contributed by atoms with Gasteiger partial charge in [0.05, 0.1) is 0 Å². The molecule has 1 aromatic rings. The van der Waals surface area contributed by atoms with Crippen molar-refractivity contribution < 1.29 is 4.79 Å². The zero-order chi connectivity index (χ0) is 13.1. The highest BCUT2D eigenvalue weighted by molar-refractivity contribution is 5.85. The number of carbonyl (C=O) groups is 1. The number of ketones is 1. The predicted octanol–water partition coefficient (Wildman–Crippen LogP) is 3.83. The van der Waals surface area contributed by atoms with Crippen molar-refractivity contribution in [3.63, 3.8) is 0 Å². The Morgan fingerprint density at radius 1 is 1.24 bits per heavy atom. The molecular weight excluding hydrogens is 210 g/mol. The largest absolute Gasteiger partial charge is 0.299 e. The molecule has 17 heavy (non-hydrogen) atoms. The molecule has 0 aliphatic heterocycles. The molecule has 0 bridgehead atoms. The molecule has 0 aliphatic carbocycles. The topological polar surface area (TPSA) is 30.0 Å². The lowest BCUT2D eigenvalue weighted by Gasteiger charge is -2.27. The average molecular weight is 233 g/mol. The SMILES string of the molecule is CC(C(=O)CC(C)C(C)(C)C)c1ccncc1. The molecular formula is C15H23NO. The van der Waals surface area contributed by atoms with E-state index >= 15 is 0 Å². The van der Waals surface area contributed by atoms with Crippen LogP contribution in [0.3, 0.4) is 0 Å². The van der Waals surface area contributed by atoms with E-state index in [-0.39, 0.29) is 11.3 Å². The Morgan fingerprint density at radius 2 is 1.76 bits per heavy atom. The number of aromatic nitrogens is 1. The van der Waals surface area contributed by atoms with Gasteiger partial charge in [0, 0.05) is 24.7 Å². The molecule has 2 atom stereocenters. The third-order valence-electron chi connectivity index (χ3n) is 3.67. The van der Waals surface area contributed by atoms with E-state index in [1.54, 1.807) is 12.4 Å². The molecule has 94 valence electrons. The van der Waals surface area contributed by atoms with Crippen LogP contribution in [-0.2, 0) is 4.79 Å². The minimum Gasteiger partial charge on any atom is -0.299 e. The minimum absolute atomic E-state index is 0.0252. The minimum atomic E-state index is -0.0252. The van der Waals surface area contributed by atoms with Crippen LogP contribution in [0.25, 0.3) is 0 Å². The van der Waals surface area contributed by atoms with Gasteiger partial charge in [0.25, 0.3) is 0 Å². The van der Waals surface area contributed by atoms with Crippen molar-refractivity contribution in [3.8, 4) is 0 Å². The summed E-state index contributed by atoms with van der Waals surface area (Å²) in [5.41, 5.74) is 1.25. The van der Waals surface area contributed by atoms with E-state index in [1.165, 1.54) is 0 Å². The molecule has 2 heteroatoms. The van der Waals surface area contributed by atoms with Crippen molar-refractivity contribution in [1.82, 2.24) is 4.98 Å². The zero-order valence-electron chi connectivity index (χ0n) is 11.5. The van der Waals surface area contributed by atoms with Crippen molar-refractivity contribution in [2.24, 2.45) is 11.3 Å². The third kappa shape index (κ3) is 3.95. The summed E-state index contributed by atoms with van der Waals surface area (Å²) in [4.78, 5) is 16.2. The number of pyridine rings is 1. The molecule has 1 rings (SSSR count). The highest BCUT2D eigenvalue weighted by Crippen LogP contribution is 2.30. The first-order chi connectivity index (χ1) is 7.82. The summed E-state index contributed by atoms with van der Waals surface area (Å²) in [6, 6.07) is 3.84. The zero-order valence-corrected chi connectivity index (χ0v) is 11.5. The van der Waals surface area contributed by atoms with Crippen LogP contribution in [0.4, 0.5) is 0 Å². The van der Waals surface area contributed by atoms with Gasteiger partial charge in [-0.3, -0.25) is 9.78 Å². The van der Waals surface area contributed by atoms with Gasteiger partial charge in [0.2, 0.25) is 0 Å². The maximum Gasteiger partial charge on any atom is 0.140 e. The molecule has 1 heterocycles. The smallest absolute Gasteiger partial charge is 0.140 e. The fraction of sp³-hybridized carbons (Fsp3) is 0.600. The molecule has 0 fully saturated rings. The van der Waals surface area contributed by atoms with Crippen molar-refractivity contribution in [2.75, 3.05) is 0 Å². The molecule has 0 aliphatic rings. The third-order valence-corrected chi connectivity index (χ3v) is 3.67. The maximum atomic E-state index is 12.2. The van der Waals surface area contributed by atoms with E-state index in [0.717, 1.165) is 5.56 Å². The van der Waals surface area contributed by atoms with Crippen molar-refractivity contribution >= 4 is 5.78 Å². The molecule has 0 radical (unpaired) electrons. The maximum absolute atomic E-state index is 12.2. The van der Waals surface area contributed by atoms with Crippen LogP contribution in [0.5, 0.6) is 0 Å². The van der Waals surface area contributed by atoms with Crippen LogP contribution < -0.4 is 0 Å². The van der Waals surface area contributed by atoms with E-state index in [2.05, 4.69) is 32.7 Å². The Bertz CT molecular complexity index is 364. The van der Waals surface area contributed by atoms with Crippen LogP contribution in [-0.4, -0.2) is 10.8 Å². The van der Waals surface area contributed by atoms with Gasteiger partial charge in [0.15, 0.2) is 0 Å². The van der Waals surface area contributed by atoms with Crippen LogP contribution in [0.2, 0.25) is 0 Å². The Morgan fingerprint density at radius 3 is 2.24 bits per heavy atom. The summed E-state index contributed by atoms with van der Waals surface area (Å²) in [7, 11) is 0. The molecule has 0 saturated carbocycles. The molecule has 1 aromatic heterocycles. The first-order valence-corrected chi connectivity index (χ1v) is 6.25. The van der Waals surface area contributed by atoms with E-state index < -0.39 is 0 Å². The van der Waals surface area contributed by atoms with Crippen molar-refractivity contribution in [1.29, 1.82) is 0 Å². The Kier molecular flexibility index (Phi) is 4.44. The molecule has 2 nitrogen and oxygen atoms in total. The fourth-order valence-corrected chi connectivity index (χ4v) is 1.62. The number of Topliss-reactive ketones (excluding diaryl/α,β-unsaturated/α-hetero) is 1. The Labute approximate surface area is 104 Å². The summed E-state index contributed by atoms with van der Waals surface area (Å²) < 4.78 is 0. The van der Waals surface area contributed by atoms with E-state index in [9.17, 15) is 4.79 Å². The summed E-state index contributed by atoms with van der Waals surface area (Å²) in [5.74, 6) is 0.695. The van der Waals surface area contributed by atoms with E-state index in [1.807, 2.05) is 19.1 Å². The lowest BCUT2D eigenvalue weighted by atomic mass is 9.77. The first-order valence-electron chi connectivity index (χ1n) is 6.25. The number of carbonyl (C=O) groups excluding carboxylic acids is 1. The summed E-state index contributed by atoms with van der Waals surface area (Å²) in [6.07, 6.45) is 4.13. The Hall–Kier alpha value is -1.18. The first kappa shape index (κ1) is 13.9. The van der Waals surface area contributed by atoms with Gasteiger partial charge >= 0.3 is 0 Å². The fourth-order valence-electron chi connectivity index (χ4n) is 1.62. The second-order valence-corrected chi connectivity index (χ2v) is 5.94. The van der Waals surface area contributed by atoms with Gasteiger partial charge in [-0.05, 0) is 29.0 Å². The molecule has 0 N–H and O–H groups in total. The molecule has 0 saturated heterocycles. The molecule has 0 spiro atoms. The molecule has 0 amide bonds. The van der Waals surface area contributed by atoms with Gasteiger partial charge in [-0.2, -0.15) is 0 Å². The highest BCUT2D eigenvalue weighted by Gasteiger charge is 2.25. The van der Waals surface area contributed by atoms with Crippen molar-refractivity contribution in [2.45, 2.75) is 47.0 Å². The lowest BCUT2D eigenvalue weighted by Crippen LogP contribution is -2.22. The van der Waals surface area contributed by atoms with Gasteiger partial charge < -0.3 is 0 Å². The summed E-state index contributed by atoms with van der Waals surface area (Å²) in [6.45, 7) is 10.7. The normalized spacial score (nSPS) is 15.4. The van der Waals surface area contributed by atoms with E-state index in [4.69, 9.17) is 0 Å². The number of hydrogen-bond acceptors (Lipinski definition) is 2. The Balaban J connectivity index is 2.66. The monoisotopic (exact) mass is 233 g/mol. The number of rotatable bonds is 4. The van der Waals surface area contributed by atoms with Gasteiger partial charge in [-0.25, -0.2) is 0 Å². The quantitative estimate of drug-likeness (QED) is 0.791. The van der Waals surface area contributed by atoms with Gasteiger partial charge in [-0.15, -0.1) is 0 Å². The van der Waals surface area contributed by atoms with Crippen LogP contribution in [0.1, 0.15) is 52.5 Å². The summed E-state index contributed by atoms with van der Waals surface area (Å²) >= 11 is 0. The second-order valence-electron chi connectivity index (χ2n) is 5.94. The highest BCUT2D eigenvalue weighted by atomic mass is 16.1. The average Bonchev–Trinajstić information content (AvgIpc) is 2.27. The number of hydrogen-bond donors (Lipinski definition) is 0. The van der Waals surface area contributed by atoms with Crippen LogP contribution in [0.15, 0.2) is 24.5 Å². The number of nitrogens with zero attached hydrogens (tertiary/aromatic N) is 1. The summed E-state index contributed by atoms with van der Waals surface area (Å²) in [5, 5.41) is 0. The predicted molar refractivity (Wildman–Crippen MR) is 70.9 cm³/mol. The van der Waals surface area contributed by atoms with Crippen LogP contribution >= 0.6 is 0 Å².